The number of nitrogens with one attached hydrogen (secondary N) is 1. The van der Waals surface area contributed by atoms with E-state index in [1.807, 2.05) is 61.5 Å². The molecule has 0 spiro atoms. The highest BCUT2D eigenvalue weighted by atomic mass is 14.7. The van der Waals surface area contributed by atoms with Gasteiger partial charge in [-0.1, -0.05) is 85.5 Å². The van der Waals surface area contributed by atoms with Crippen LogP contribution >= 0.6 is 0 Å². The summed E-state index contributed by atoms with van der Waals surface area (Å²) in [5, 5.41) is 8.66. The van der Waals surface area contributed by atoms with E-state index in [2.05, 4.69) is 54.7 Å². The molecule has 0 unspecified atom stereocenters. The number of aliphatic imine (C=N–C) groups is 1. The molecule has 0 radical (unpaired) electrons. The van der Waals surface area contributed by atoms with Gasteiger partial charge in [-0.3, -0.25) is 4.99 Å². The first-order valence-corrected chi connectivity index (χ1v) is 10.5. The Balaban J connectivity index is 1.90. The Morgan fingerprint density at radius 3 is 2.55 bits per heavy atom. The van der Waals surface area contributed by atoms with Crippen molar-refractivity contribution in [3.63, 3.8) is 0 Å². The van der Waals surface area contributed by atoms with E-state index in [1.54, 1.807) is 6.08 Å². The summed E-state index contributed by atoms with van der Waals surface area (Å²) in [6.07, 6.45) is 16.0. The average Bonchev–Trinajstić information content (AvgIpc) is 2.83. The number of rotatable bonds is 8. The Bertz CT molecular complexity index is 1120. The third-order valence-corrected chi connectivity index (χ3v) is 5.15. The summed E-state index contributed by atoms with van der Waals surface area (Å²) in [4.78, 5) is 4.24. The van der Waals surface area contributed by atoms with Crippen molar-refractivity contribution >= 4 is 12.4 Å². The van der Waals surface area contributed by atoms with Crippen LogP contribution in [0, 0.1) is 5.41 Å². The second kappa shape index (κ2) is 10.8. The van der Waals surface area contributed by atoms with Crippen LogP contribution in [-0.2, 0) is 0 Å². The number of hydrogen-bond donors (Lipinski definition) is 1. The van der Waals surface area contributed by atoms with Crippen molar-refractivity contribution in [1.82, 2.24) is 0 Å². The molecule has 1 aliphatic carbocycles. The monoisotopic (exact) mass is 404 g/mol. The summed E-state index contributed by atoms with van der Waals surface area (Å²) in [6.45, 7) is 9.60. The van der Waals surface area contributed by atoms with Gasteiger partial charge in [-0.15, -0.1) is 0 Å². The predicted molar refractivity (Wildman–Crippen MR) is 135 cm³/mol. The first-order valence-electron chi connectivity index (χ1n) is 10.5. The number of benzene rings is 2. The molecule has 0 saturated carbocycles. The highest BCUT2D eigenvalue weighted by Crippen LogP contribution is 2.29. The third kappa shape index (κ3) is 5.64. The van der Waals surface area contributed by atoms with Crippen molar-refractivity contribution in [2.45, 2.75) is 19.8 Å². The van der Waals surface area contributed by atoms with Gasteiger partial charge in [0.05, 0.1) is 11.4 Å². The van der Waals surface area contributed by atoms with E-state index in [-0.39, 0.29) is 0 Å². The van der Waals surface area contributed by atoms with Gasteiger partial charge in [-0.2, -0.15) is 0 Å². The van der Waals surface area contributed by atoms with Gasteiger partial charge in [0.2, 0.25) is 0 Å². The molecule has 2 nitrogen and oxygen atoms in total. The second-order valence-electron chi connectivity index (χ2n) is 7.27. The van der Waals surface area contributed by atoms with Crippen molar-refractivity contribution in [1.29, 1.82) is 5.41 Å². The maximum atomic E-state index is 8.66. The molecule has 3 rings (SSSR count). The first-order chi connectivity index (χ1) is 15.2. The number of allylic oxidation sites excluding steroid dienone is 9. The summed E-state index contributed by atoms with van der Waals surface area (Å²) in [7, 11) is 0. The highest BCUT2D eigenvalue weighted by Gasteiger charge is 2.12. The van der Waals surface area contributed by atoms with E-state index in [1.165, 1.54) is 5.57 Å². The fraction of sp³-hybridized carbons (Fsp3) is 0.103. The molecule has 0 saturated heterocycles. The Morgan fingerprint density at radius 2 is 1.84 bits per heavy atom. The fourth-order valence-corrected chi connectivity index (χ4v) is 3.62. The second-order valence-corrected chi connectivity index (χ2v) is 7.27. The molecular weight excluding hydrogens is 376 g/mol. The Kier molecular flexibility index (Phi) is 7.67. The molecule has 0 aromatic heterocycles. The quantitative estimate of drug-likeness (QED) is 0.347. The van der Waals surface area contributed by atoms with Crippen LogP contribution in [0.1, 0.15) is 25.3 Å². The zero-order valence-electron chi connectivity index (χ0n) is 18.0. The Hall–Kier alpha value is -3.78. The van der Waals surface area contributed by atoms with Crippen LogP contribution in [0.15, 0.2) is 131 Å². The van der Waals surface area contributed by atoms with Crippen LogP contribution in [0.2, 0.25) is 0 Å². The molecule has 1 N–H and O–H groups in total. The van der Waals surface area contributed by atoms with Crippen LogP contribution in [0.4, 0.5) is 0 Å². The maximum Gasteiger partial charge on any atom is 0.0713 e. The maximum absolute atomic E-state index is 8.66. The van der Waals surface area contributed by atoms with E-state index >= 15 is 0 Å². The van der Waals surface area contributed by atoms with Gasteiger partial charge in [0.1, 0.15) is 0 Å². The molecule has 31 heavy (non-hydrogen) atoms. The molecule has 0 heterocycles. The van der Waals surface area contributed by atoms with Crippen molar-refractivity contribution in [2.75, 3.05) is 0 Å². The van der Waals surface area contributed by atoms with Gasteiger partial charge < -0.3 is 5.41 Å². The van der Waals surface area contributed by atoms with Crippen LogP contribution in [0.3, 0.4) is 0 Å². The molecular formula is C29H28N2. The van der Waals surface area contributed by atoms with Crippen LogP contribution in [0.5, 0.6) is 0 Å². The summed E-state index contributed by atoms with van der Waals surface area (Å²) in [5.41, 5.74) is 7.59. The molecule has 0 amide bonds. The van der Waals surface area contributed by atoms with Crippen LogP contribution in [0.25, 0.3) is 11.1 Å². The molecule has 0 bridgehead atoms. The summed E-state index contributed by atoms with van der Waals surface area (Å²) in [6, 6.07) is 18.3. The van der Waals surface area contributed by atoms with E-state index in [0.717, 1.165) is 40.7 Å². The molecule has 2 heteroatoms. The lowest BCUT2D eigenvalue weighted by Gasteiger charge is -2.15. The zero-order valence-corrected chi connectivity index (χ0v) is 18.0. The number of hydrogen-bond acceptors (Lipinski definition) is 2. The standard InChI is InChI=1S/C29H28N2/c1-4-11-22(12-5-2)25-16-10-18-27(20-25)29(31-3)21-28(30)26-17-9-15-24(19-26)23-13-7-6-8-14-23/h4-9,11-15,17-21,30H,1,3,10,16H2,2H3/b12-5-,22-11+,29-21-,30-28?. The van der Waals surface area contributed by atoms with Crippen molar-refractivity contribution in [3.05, 3.63) is 132 Å². The van der Waals surface area contributed by atoms with Gasteiger partial charge in [0.15, 0.2) is 0 Å². The summed E-state index contributed by atoms with van der Waals surface area (Å²) in [5.74, 6) is 0. The average molecular weight is 405 g/mol. The van der Waals surface area contributed by atoms with E-state index in [0.29, 0.717) is 11.4 Å². The smallest absolute Gasteiger partial charge is 0.0713 e. The molecule has 154 valence electrons. The summed E-state index contributed by atoms with van der Waals surface area (Å²) < 4.78 is 0. The minimum atomic E-state index is 0.414. The largest absolute Gasteiger partial charge is 0.300 e. The first kappa shape index (κ1) is 21.9. The highest BCUT2D eigenvalue weighted by molar-refractivity contribution is 6.08. The lowest BCUT2D eigenvalue weighted by atomic mass is 9.91. The summed E-state index contributed by atoms with van der Waals surface area (Å²) >= 11 is 0. The van der Waals surface area contributed by atoms with E-state index in [4.69, 9.17) is 5.41 Å². The molecule has 0 atom stereocenters. The number of nitrogens with zero attached hydrogens (tertiary/aromatic N) is 1. The van der Waals surface area contributed by atoms with Crippen LogP contribution < -0.4 is 0 Å². The molecule has 0 fully saturated rings. The van der Waals surface area contributed by atoms with Gasteiger partial charge in [0, 0.05) is 5.56 Å². The Labute approximate surface area is 185 Å². The van der Waals surface area contributed by atoms with Gasteiger partial charge in [0.25, 0.3) is 0 Å². The molecule has 2 aromatic carbocycles. The van der Waals surface area contributed by atoms with Crippen molar-refractivity contribution in [3.8, 4) is 11.1 Å². The predicted octanol–water partition coefficient (Wildman–Crippen LogP) is 7.64. The van der Waals surface area contributed by atoms with Crippen LogP contribution in [-0.4, -0.2) is 12.4 Å². The zero-order chi connectivity index (χ0) is 22.1. The SMILES string of the molecule is C=C/C=C(\C=C/C)C1=CC(/C(=C/C(=N)c2cccc(-c3ccccc3)c2)N=C)=CCC1. The Morgan fingerprint density at radius 1 is 1.06 bits per heavy atom. The minimum Gasteiger partial charge on any atom is -0.300 e. The molecule has 0 aliphatic heterocycles. The topological polar surface area (TPSA) is 36.2 Å². The molecule has 2 aromatic rings. The fourth-order valence-electron chi connectivity index (χ4n) is 3.62. The van der Waals surface area contributed by atoms with Gasteiger partial charge >= 0.3 is 0 Å². The third-order valence-electron chi connectivity index (χ3n) is 5.15. The van der Waals surface area contributed by atoms with E-state index in [9.17, 15) is 0 Å². The minimum absolute atomic E-state index is 0.414. The molecule has 1 aliphatic rings. The normalized spacial score (nSPS) is 14.7. The van der Waals surface area contributed by atoms with Crippen molar-refractivity contribution in [2.24, 2.45) is 4.99 Å². The lowest BCUT2D eigenvalue weighted by molar-refractivity contribution is 0.961. The van der Waals surface area contributed by atoms with Crippen molar-refractivity contribution < 1.29 is 0 Å². The van der Waals surface area contributed by atoms with Gasteiger partial charge in [-0.25, -0.2) is 0 Å². The van der Waals surface area contributed by atoms with E-state index < -0.39 is 0 Å². The van der Waals surface area contributed by atoms with Gasteiger partial charge in [-0.05, 0) is 72.5 Å². The lowest BCUT2D eigenvalue weighted by Crippen LogP contribution is -2.00.